The predicted molar refractivity (Wildman–Crippen MR) is 75.7 cm³/mol. The highest BCUT2D eigenvalue weighted by atomic mass is 35.5. The number of halogens is 1. The van der Waals surface area contributed by atoms with Gasteiger partial charge >= 0.3 is 0 Å². The number of hydrogen-bond acceptors (Lipinski definition) is 4. The van der Waals surface area contributed by atoms with Crippen LogP contribution in [0.1, 0.15) is 12.5 Å². The smallest absolute Gasteiger partial charge is 0.138 e. The first-order valence-electron chi connectivity index (χ1n) is 5.78. The Morgan fingerprint density at radius 3 is 2.72 bits per heavy atom. The number of aromatic nitrogens is 2. The van der Waals surface area contributed by atoms with Crippen molar-refractivity contribution >= 4 is 28.9 Å². The highest BCUT2D eigenvalue weighted by molar-refractivity contribution is 6.30. The molecule has 1 aromatic heterocycles. The summed E-state index contributed by atoms with van der Waals surface area (Å²) in [7, 11) is 0. The van der Waals surface area contributed by atoms with Gasteiger partial charge in [-0.25, -0.2) is 9.97 Å². The zero-order valence-electron chi connectivity index (χ0n) is 10.4. The summed E-state index contributed by atoms with van der Waals surface area (Å²) in [5, 5.41) is 7.13. The van der Waals surface area contributed by atoms with E-state index in [1.807, 2.05) is 38.1 Å². The van der Waals surface area contributed by atoms with Crippen molar-refractivity contribution in [2.75, 3.05) is 17.2 Å². The largest absolute Gasteiger partial charge is 0.370 e. The van der Waals surface area contributed by atoms with Gasteiger partial charge in [-0.05, 0) is 32.0 Å². The molecule has 94 valence electrons. The fourth-order valence-corrected chi connectivity index (χ4v) is 1.82. The van der Waals surface area contributed by atoms with Gasteiger partial charge in [0.1, 0.15) is 18.0 Å². The summed E-state index contributed by atoms with van der Waals surface area (Å²) in [5.41, 5.74) is 1.89. The standard InChI is InChI=1S/C13H15ClN4/c1-3-15-12-9(2)13(17-8-16-12)18-11-6-4-5-10(14)7-11/h4-8H,3H2,1-2H3,(H2,15,16,17,18). The van der Waals surface area contributed by atoms with E-state index in [0.29, 0.717) is 5.02 Å². The lowest BCUT2D eigenvalue weighted by Gasteiger charge is -2.12. The molecule has 0 radical (unpaired) electrons. The van der Waals surface area contributed by atoms with Crippen LogP contribution < -0.4 is 10.6 Å². The molecule has 0 atom stereocenters. The van der Waals surface area contributed by atoms with Crippen molar-refractivity contribution in [1.82, 2.24) is 9.97 Å². The summed E-state index contributed by atoms with van der Waals surface area (Å²) >= 11 is 5.95. The first kappa shape index (κ1) is 12.6. The zero-order chi connectivity index (χ0) is 13.0. The highest BCUT2D eigenvalue weighted by Gasteiger charge is 2.06. The second-order valence-corrected chi connectivity index (χ2v) is 4.30. The molecule has 4 nitrogen and oxygen atoms in total. The number of anilines is 3. The molecule has 0 amide bonds. The Morgan fingerprint density at radius 2 is 2.00 bits per heavy atom. The van der Waals surface area contributed by atoms with E-state index in [9.17, 15) is 0 Å². The van der Waals surface area contributed by atoms with Crippen molar-refractivity contribution in [3.63, 3.8) is 0 Å². The Kier molecular flexibility index (Phi) is 3.99. The van der Waals surface area contributed by atoms with E-state index < -0.39 is 0 Å². The monoisotopic (exact) mass is 262 g/mol. The molecule has 0 saturated heterocycles. The van der Waals surface area contributed by atoms with E-state index in [1.165, 1.54) is 6.33 Å². The summed E-state index contributed by atoms with van der Waals surface area (Å²) < 4.78 is 0. The first-order chi connectivity index (χ1) is 8.70. The quantitative estimate of drug-likeness (QED) is 0.884. The fraction of sp³-hybridized carbons (Fsp3) is 0.231. The molecule has 2 aromatic rings. The van der Waals surface area contributed by atoms with Gasteiger partial charge in [0.25, 0.3) is 0 Å². The predicted octanol–water partition coefficient (Wildman–Crippen LogP) is 3.61. The lowest BCUT2D eigenvalue weighted by atomic mass is 10.2. The average molecular weight is 263 g/mol. The fourth-order valence-electron chi connectivity index (χ4n) is 1.62. The molecule has 0 aliphatic carbocycles. The molecule has 1 aromatic carbocycles. The van der Waals surface area contributed by atoms with Gasteiger partial charge in [0, 0.05) is 22.8 Å². The number of hydrogen-bond donors (Lipinski definition) is 2. The third-order valence-corrected chi connectivity index (χ3v) is 2.75. The second kappa shape index (κ2) is 5.69. The minimum Gasteiger partial charge on any atom is -0.370 e. The molecule has 2 N–H and O–H groups in total. The molecular weight excluding hydrogens is 248 g/mol. The molecule has 2 rings (SSSR count). The van der Waals surface area contributed by atoms with Crippen LogP contribution in [0.2, 0.25) is 5.02 Å². The van der Waals surface area contributed by atoms with Crippen molar-refractivity contribution in [2.45, 2.75) is 13.8 Å². The minimum atomic E-state index is 0.693. The van der Waals surface area contributed by atoms with Gasteiger partial charge in [-0.1, -0.05) is 17.7 Å². The second-order valence-electron chi connectivity index (χ2n) is 3.86. The topological polar surface area (TPSA) is 49.8 Å². The van der Waals surface area contributed by atoms with Crippen molar-refractivity contribution < 1.29 is 0 Å². The molecule has 0 saturated carbocycles. The van der Waals surface area contributed by atoms with Gasteiger partial charge in [-0.3, -0.25) is 0 Å². The average Bonchev–Trinajstić information content (AvgIpc) is 2.35. The lowest BCUT2D eigenvalue weighted by molar-refractivity contribution is 1.08. The molecule has 0 unspecified atom stereocenters. The maximum atomic E-state index is 5.95. The van der Waals surface area contributed by atoms with Crippen molar-refractivity contribution in [2.24, 2.45) is 0 Å². The van der Waals surface area contributed by atoms with Gasteiger partial charge in [-0.2, -0.15) is 0 Å². The number of benzene rings is 1. The van der Waals surface area contributed by atoms with Crippen LogP contribution in [0.15, 0.2) is 30.6 Å². The van der Waals surface area contributed by atoms with E-state index in [2.05, 4.69) is 20.6 Å². The van der Waals surface area contributed by atoms with E-state index in [-0.39, 0.29) is 0 Å². The third kappa shape index (κ3) is 2.90. The van der Waals surface area contributed by atoms with Crippen molar-refractivity contribution in [1.29, 1.82) is 0 Å². The Morgan fingerprint density at radius 1 is 1.22 bits per heavy atom. The van der Waals surface area contributed by atoms with Crippen LogP contribution in [0, 0.1) is 6.92 Å². The molecule has 0 fully saturated rings. The molecule has 18 heavy (non-hydrogen) atoms. The van der Waals surface area contributed by atoms with Crippen LogP contribution in [0.5, 0.6) is 0 Å². The third-order valence-electron chi connectivity index (χ3n) is 2.52. The Labute approximate surface area is 111 Å². The zero-order valence-corrected chi connectivity index (χ0v) is 11.1. The van der Waals surface area contributed by atoms with Gasteiger partial charge in [0.2, 0.25) is 0 Å². The Bertz CT molecular complexity index is 542. The molecule has 0 aliphatic heterocycles. The van der Waals surface area contributed by atoms with Crippen LogP contribution in [0.3, 0.4) is 0 Å². The lowest BCUT2D eigenvalue weighted by Crippen LogP contribution is -2.05. The number of rotatable bonds is 4. The number of nitrogens with one attached hydrogen (secondary N) is 2. The molecule has 0 aliphatic rings. The summed E-state index contributed by atoms with van der Waals surface area (Å²) in [6.45, 7) is 4.84. The normalized spacial score (nSPS) is 10.2. The van der Waals surface area contributed by atoms with E-state index in [1.54, 1.807) is 0 Å². The SMILES string of the molecule is CCNc1ncnc(Nc2cccc(Cl)c2)c1C. The van der Waals surface area contributed by atoms with Gasteiger partial charge in [-0.15, -0.1) is 0 Å². The van der Waals surface area contributed by atoms with E-state index in [4.69, 9.17) is 11.6 Å². The van der Waals surface area contributed by atoms with Crippen molar-refractivity contribution in [3.8, 4) is 0 Å². The van der Waals surface area contributed by atoms with Gasteiger partial charge in [0.15, 0.2) is 0 Å². The summed E-state index contributed by atoms with van der Waals surface area (Å²) in [6, 6.07) is 7.53. The van der Waals surface area contributed by atoms with Crippen LogP contribution in [-0.4, -0.2) is 16.5 Å². The molecule has 5 heteroatoms. The molecule has 1 heterocycles. The summed E-state index contributed by atoms with van der Waals surface area (Å²) in [4.78, 5) is 8.44. The maximum Gasteiger partial charge on any atom is 0.138 e. The summed E-state index contributed by atoms with van der Waals surface area (Å²) in [5.74, 6) is 1.63. The van der Waals surface area contributed by atoms with Crippen molar-refractivity contribution in [3.05, 3.63) is 41.2 Å². The van der Waals surface area contributed by atoms with E-state index in [0.717, 1.165) is 29.4 Å². The molecular formula is C13H15ClN4. The molecule has 0 bridgehead atoms. The van der Waals surface area contributed by atoms with Crippen LogP contribution in [0.4, 0.5) is 17.3 Å². The number of nitrogens with zero attached hydrogens (tertiary/aromatic N) is 2. The molecule has 0 spiro atoms. The van der Waals surface area contributed by atoms with Gasteiger partial charge < -0.3 is 10.6 Å². The van der Waals surface area contributed by atoms with Crippen LogP contribution in [-0.2, 0) is 0 Å². The van der Waals surface area contributed by atoms with E-state index >= 15 is 0 Å². The Balaban J connectivity index is 2.26. The maximum absolute atomic E-state index is 5.95. The minimum absolute atomic E-state index is 0.693. The first-order valence-corrected chi connectivity index (χ1v) is 6.16. The Hall–Kier alpha value is -1.81. The van der Waals surface area contributed by atoms with Gasteiger partial charge in [0.05, 0.1) is 0 Å². The highest BCUT2D eigenvalue weighted by Crippen LogP contribution is 2.23. The van der Waals surface area contributed by atoms with Crippen LogP contribution >= 0.6 is 11.6 Å². The summed E-state index contributed by atoms with van der Waals surface area (Å²) in [6.07, 6.45) is 1.54. The van der Waals surface area contributed by atoms with Crippen LogP contribution in [0.25, 0.3) is 0 Å².